The molecule has 0 saturated heterocycles. The van der Waals surface area contributed by atoms with Crippen LogP contribution in [0.15, 0.2) is 36.4 Å². The molecule has 5 nitrogen and oxygen atoms in total. The van der Waals surface area contributed by atoms with E-state index in [1.807, 2.05) is 12.1 Å². The second kappa shape index (κ2) is 6.98. The minimum Gasteiger partial charge on any atom is -0.465 e. The molecule has 1 aliphatic heterocycles. The molecule has 0 amide bonds. The van der Waals surface area contributed by atoms with E-state index in [1.54, 1.807) is 0 Å². The molecule has 4 aromatic rings. The zero-order chi connectivity index (χ0) is 21.1. The van der Waals surface area contributed by atoms with Gasteiger partial charge in [0.15, 0.2) is 0 Å². The first-order valence-electron chi connectivity index (χ1n) is 11.4. The Morgan fingerprint density at radius 3 is 2.68 bits per heavy atom. The molecule has 2 aromatic carbocycles. The summed E-state index contributed by atoms with van der Waals surface area (Å²) in [4.78, 5) is 17.1. The highest BCUT2D eigenvalue weighted by molar-refractivity contribution is 6.02. The van der Waals surface area contributed by atoms with E-state index in [0.29, 0.717) is 11.5 Å². The van der Waals surface area contributed by atoms with Gasteiger partial charge in [-0.25, -0.2) is 9.78 Å². The molecular formula is C26H27N3O2. The number of para-hydroxylation sites is 1. The van der Waals surface area contributed by atoms with E-state index < -0.39 is 0 Å². The second-order valence-electron chi connectivity index (χ2n) is 8.96. The number of hydrogen-bond donors (Lipinski definition) is 0. The lowest BCUT2D eigenvalue weighted by atomic mass is 9.81. The van der Waals surface area contributed by atoms with Crippen LogP contribution in [-0.4, -0.2) is 27.2 Å². The Morgan fingerprint density at radius 2 is 1.87 bits per heavy atom. The maximum Gasteiger partial charge on any atom is 0.337 e. The first kappa shape index (κ1) is 18.7. The SMILES string of the molecule is COC(=O)c1ccc2c(C3CCCCC3)c3n(c2c1)CCn1c(C)nc2cccc-3c21. The van der Waals surface area contributed by atoms with Gasteiger partial charge in [-0.1, -0.05) is 37.5 Å². The molecule has 1 fully saturated rings. The first-order chi connectivity index (χ1) is 15.2. The van der Waals surface area contributed by atoms with Crippen molar-refractivity contribution >= 4 is 27.9 Å². The molecule has 0 atom stereocenters. The fourth-order valence-electron chi connectivity index (χ4n) is 5.91. The van der Waals surface area contributed by atoms with Crippen LogP contribution in [0.3, 0.4) is 0 Å². The number of aromatic nitrogens is 3. The minimum absolute atomic E-state index is 0.279. The van der Waals surface area contributed by atoms with Crippen molar-refractivity contribution in [3.63, 3.8) is 0 Å². The van der Waals surface area contributed by atoms with Gasteiger partial charge in [-0.2, -0.15) is 0 Å². The number of benzene rings is 2. The highest BCUT2D eigenvalue weighted by atomic mass is 16.5. The van der Waals surface area contributed by atoms with Gasteiger partial charge in [-0.3, -0.25) is 0 Å². The molecule has 6 rings (SSSR count). The number of ether oxygens (including phenoxy) is 1. The number of aryl methyl sites for hydroxylation is 3. The number of fused-ring (bicyclic) bond motifs is 4. The predicted octanol–water partition coefficient (Wildman–Crippen LogP) is 5.81. The van der Waals surface area contributed by atoms with Gasteiger partial charge >= 0.3 is 5.97 Å². The van der Waals surface area contributed by atoms with Crippen molar-refractivity contribution in [2.75, 3.05) is 7.11 Å². The van der Waals surface area contributed by atoms with Crippen molar-refractivity contribution in [2.24, 2.45) is 0 Å². The Morgan fingerprint density at radius 1 is 1.06 bits per heavy atom. The van der Waals surface area contributed by atoms with Gasteiger partial charge in [0.2, 0.25) is 0 Å². The van der Waals surface area contributed by atoms with Crippen LogP contribution in [0, 0.1) is 6.92 Å². The quantitative estimate of drug-likeness (QED) is 0.389. The van der Waals surface area contributed by atoms with Gasteiger partial charge in [0.1, 0.15) is 5.82 Å². The van der Waals surface area contributed by atoms with Crippen molar-refractivity contribution in [3.8, 4) is 11.3 Å². The van der Waals surface area contributed by atoms with E-state index in [2.05, 4.69) is 40.3 Å². The van der Waals surface area contributed by atoms with Gasteiger partial charge in [-0.15, -0.1) is 0 Å². The Kier molecular flexibility index (Phi) is 4.20. The Hall–Kier alpha value is -3.08. The third-order valence-corrected chi connectivity index (χ3v) is 7.30. The van der Waals surface area contributed by atoms with E-state index in [-0.39, 0.29) is 5.97 Å². The maximum absolute atomic E-state index is 12.3. The van der Waals surface area contributed by atoms with E-state index in [9.17, 15) is 4.79 Å². The molecule has 2 aromatic heterocycles. The van der Waals surface area contributed by atoms with Crippen molar-refractivity contribution in [2.45, 2.75) is 58.0 Å². The Bertz CT molecular complexity index is 1340. The Balaban J connectivity index is 1.70. The summed E-state index contributed by atoms with van der Waals surface area (Å²) in [5.41, 5.74) is 8.13. The van der Waals surface area contributed by atoms with Crippen molar-refractivity contribution in [3.05, 3.63) is 53.3 Å². The van der Waals surface area contributed by atoms with Crippen LogP contribution in [0.25, 0.3) is 33.2 Å². The summed E-state index contributed by atoms with van der Waals surface area (Å²) in [6, 6.07) is 12.6. The molecule has 3 heterocycles. The fourth-order valence-corrected chi connectivity index (χ4v) is 5.91. The molecule has 158 valence electrons. The first-order valence-corrected chi connectivity index (χ1v) is 11.4. The summed E-state index contributed by atoms with van der Waals surface area (Å²) in [6.07, 6.45) is 6.38. The number of carbonyl (C=O) groups excluding carboxylic acids is 1. The molecule has 0 radical (unpaired) electrons. The normalized spacial score (nSPS) is 16.5. The van der Waals surface area contributed by atoms with Crippen molar-refractivity contribution < 1.29 is 9.53 Å². The van der Waals surface area contributed by atoms with E-state index in [0.717, 1.165) is 29.9 Å². The van der Waals surface area contributed by atoms with Crippen molar-refractivity contribution in [1.82, 2.24) is 14.1 Å². The number of methoxy groups -OCH3 is 1. The highest BCUT2D eigenvalue weighted by Gasteiger charge is 2.30. The zero-order valence-corrected chi connectivity index (χ0v) is 18.1. The van der Waals surface area contributed by atoms with Gasteiger partial charge in [-0.05, 0) is 49.4 Å². The monoisotopic (exact) mass is 413 g/mol. The number of nitrogens with zero attached hydrogens (tertiary/aromatic N) is 3. The number of rotatable bonds is 2. The third kappa shape index (κ3) is 2.68. The van der Waals surface area contributed by atoms with Crippen LogP contribution in [0.4, 0.5) is 0 Å². The molecule has 2 aliphatic rings. The van der Waals surface area contributed by atoms with Crippen molar-refractivity contribution in [1.29, 1.82) is 0 Å². The molecule has 5 heteroatoms. The summed E-state index contributed by atoms with van der Waals surface area (Å²) in [7, 11) is 1.45. The number of imidazole rings is 1. The van der Waals surface area contributed by atoms with Crippen LogP contribution in [0.5, 0.6) is 0 Å². The van der Waals surface area contributed by atoms with Crippen LogP contribution in [-0.2, 0) is 17.8 Å². The lowest BCUT2D eigenvalue weighted by Gasteiger charge is -2.23. The molecule has 31 heavy (non-hydrogen) atoms. The molecule has 0 N–H and O–H groups in total. The Labute approximate surface area is 181 Å². The molecule has 0 bridgehead atoms. The molecular weight excluding hydrogens is 386 g/mol. The summed E-state index contributed by atoms with van der Waals surface area (Å²) in [5, 5.41) is 1.29. The fraction of sp³-hybridized carbons (Fsp3) is 0.385. The van der Waals surface area contributed by atoms with Crippen LogP contribution >= 0.6 is 0 Å². The standard InChI is InChI=1S/C26H27N3O2/c1-16-27-21-10-6-9-20-24(21)28(16)13-14-29-22-15-18(26(30)31-2)11-12-19(22)23(25(20)29)17-7-4-3-5-8-17/h6,9-12,15,17H,3-5,7-8,13-14H2,1-2H3. The minimum atomic E-state index is -0.279. The average Bonchev–Trinajstić information content (AvgIpc) is 3.24. The van der Waals surface area contributed by atoms with Gasteiger partial charge in [0.25, 0.3) is 0 Å². The molecule has 0 unspecified atom stereocenters. The lowest BCUT2D eigenvalue weighted by molar-refractivity contribution is 0.0601. The summed E-state index contributed by atoms with van der Waals surface area (Å²) in [6.45, 7) is 3.84. The summed E-state index contributed by atoms with van der Waals surface area (Å²) >= 11 is 0. The number of esters is 1. The molecule has 1 saturated carbocycles. The highest BCUT2D eigenvalue weighted by Crippen LogP contribution is 2.46. The van der Waals surface area contributed by atoms with E-state index >= 15 is 0 Å². The van der Waals surface area contributed by atoms with Gasteiger partial charge in [0, 0.05) is 29.6 Å². The van der Waals surface area contributed by atoms with Crippen LogP contribution < -0.4 is 0 Å². The largest absolute Gasteiger partial charge is 0.465 e. The van der Waals surface area contributed by atoms with E-state index in [4.69, 9.17) is 9.72 Å². The summed E-state index contributed by atoms with van der Waals surface area (Å²) < 4.78 is 9.83. The van der Waals surface area contributed by atoms with Crippen LogP contribution in [0.2, 0.25) is 0 Å². The lowest BCUT2D eigenvalue weighted by Crippen LogP contribution is -2.08. The van der Waals surface area contributed by atoms with E-state index in [1.165, 1.54) is 66.9 Å². The smallest absolute Gasteiger partial charge is 0.337 e. The molecule has 0 spiro atoms. The third-order valence-electron chi connectivity index (χ3n) is 7.30. The number of hydrogen-bond acceptors (Lipinski definition) is 3. The summed E-state index contributed by atoms with van der Waals surface area (Å²) in [5.74, 6) is 1.34. The zero-order valence-electron chi connectivity index (χ0n) is 18.1. The second-order valence-corrected chi connectivity index (χ2v) is 8.96. The predicted molar refractivity (Wildman–Crippen MR) is 123 cm³/mol. The number of carbonyl (C=O) groups is 1. The molecule has 1 aliphatic carbocycles. The van der Waals surface area contributed by atoms with Gasteiger partial charge < -0.3 is 13.9 Å². The average molecular weight is 414 g/mol. The topological polar surface area (TPSA) is 49.0 Å². The maximum atomic E-state index is 12.3. The van der Waals surface area contributed by atoms with Gasteiger partial charge in [0.05, 0.1) is 29.4 Å². The van der Waals surface area contributed by atoms with Crippen LogP contribution in [0.1, 0.15) is 59.8 Å².